The fourth-order valence-electron chi connectivity index (χ4n) is 1.09. The Morgan fingerprint density at radius 1 is 1.31 bits per heavy atom. The van der Waals surface area contributed by atoms with Gasteiger partial charge in [-0.2, -0.15) is 0 Å². The van der Waals surface area contributed by atoms with Crippen LogP contribution in [0.3, 0.4) is 0 Å². The van der Waals surface area contributed by atoms with Crippen molar-refractivity contribution >= 4 is 5.69 Å². The Morgan fingerprint density at radius 3 is 2.38 bits per heavy atom. The highest BCUT2D eigenvalue weighted by molar-refractivity contribution is 5.48. The average molecular weight is 183 g/mol. The van der Waals surface area contributed by atoms with Gasteiger partial charge < -0.3 is 9.64 Å². The highest BCUT2D eigenvalue weighted by atomic mass is 19.1. The Balaban J connectivity index is 2.67. The third-order valence-corrected chi connectivity index (χ3v) is 1.93. The lowest BCUT2D eigenvalue weighted by Gasteiger charge is -2.17. The molecule has 0 heterocycles. The van der Waals surface area contributed by atoms with Crippen LogP contribution in [0.25, 0.3) is 0 Å². The average Bonchev–Trinajstić information content (AvgIpc) is 2.18. The molecule has 0 spiro atoms. The number of halogens is 1. The zero-order valence-electron chi connectivity index (χ0n) is 7.96. The molecule has 0 atom stereocenters. The molecule has 0 aliphatic rings. The molecule has 0 aliphatic heterocycles. The van der Waals surface area contributed by atoms with Crippen LogP contribution in [0.15, 0.2) is 24.3 Å². The van der Waals surface area contributed by atoms with Crippen molar-refractivity contribution < 1.29 is 9.13 Å². The molecule has 0 unspecified atom stereocenters. The number of hydrogen-bond donors (Lipinski definition) is 0. The van der Waals surface area contributed by atoms with Gasteiger partial charge in [0.2, 0.25) is 0 Å². The van der Waals surface area contributed by atoms with E-state index in [0.717, 1.165) is 11.4 Å². The molecular weight excluding hydrogens is 169 g/mol. The summed E-state index contributed by atoms with van der Waals surface area (Å²) in [7, 11) is 3.49. The molecule has 72 valence electrons. The SMILES string of the molecule is COc1ccc(N(C)CCF)cc1. The van der Waals surface area contributed by atoms with Gasteiger partial charge in [-0.15, -0.1) is 0 Å². The molecule has 0 saturated carbocycles. The van der Waals surface area contributed by atoms with Crippen LogP contribution in [0.1, 0.15) is 0 Å². The minimum absolute atomic E-state index is 0.331. The Bertz CT molecular complexity index is 248. The molecule has 0 bridgehead atoms. The largest absolute Gasteiger partial charge is 0.497 e. The fourth-order valence-corrected chi connectivity index (χ4v) is 1.09. The first-order valence-electron chi connectivity index (χ1n) is 4.19. The molecule has 0 saturated heterocycles. The van der Waals surface area contributed by atoms with E-state index in [2.05, 4.69) is 0 Å². The van der Waals surface area contributed by atoms with Gasteiger partial charge in [0, 0.05) is 19.3 Å². The van der Waals surface area contributed by atoms with Crippen molar-refractivity contribution in [3.05, 3.63) is 24.3 Å². The summed E-state index contributed by atoms with van der Waals surface area (Å²) < 4.78 is 17.0. The van der Waals surface area contributed by atoms with E-state index in [0.29, 0.717) is 6.54 Å². The van der Waals surface area contributed by atoms with Crippen molar-refractivity contribution in [2.24, 2.45) is 0 Å². The summed E-state index contributed by atoms with van der Waals surface area (Å²) in [6.45, 7) is 0.0921. The maximum absolute atomic E-state index is 12.0. The first kappa shape index (κ1) is 9.84. The molecule has 0 amide bonds. The van der Waals surface area contributed by atoms with E-state index in [1.165, 1.54) is 0 Å². The lowest BCUT2D eigenvalue weighted by atomic mass is 10.3. The number of methoxy groups -OCH3 is 1. The first-order chi connectivity index (χ1) is 6.27. The lowest BCUT2D eigenvalue weighted by Crippen LogP contribution is -2.19. The van der Waals surface area contributed by atoms with Crippen molar-refractivity contribution in [3.8, 4) is 5.75 Å². The second kappa shape index (κ2) is 4.70. The molecule has 0 N–H and O–H groups in total. The predicted octanol–water partition coefficient (Wildman–Crippen LogP) is 2.10. The standard InChI is InChI=1S/C10H14FNO/c1-12(8-7-11)9-3-5-10(13-2)6-4-9/h3-6H,7-8H2,1-2H3. The van der Waals surface area contributed by atoms with Crippen molar-refractivity contribution in [1.82, 2.24) is 0 Å². The van der Waals surface area contributed by atoms with Crippen LogP contribution in [-0.2, 0) is 0 Å². The minimum atomic E-state index is -0.331. The number of alkyl halides is 1. The number of hydrogen-bond acceptors (Lipinski definition) is 2. The molecular formula is C10H14FNO. The van der Waals surface area contributed by atoms with E-state index in [4.69, 9.17) is 4.74 Å². The van der Waals surface area contributed by atoms with Crippen LogP contribution in [0.5, 0.6) is 5.75 Å². The van der Waals surface area contributed by atoms with Crippen molar-refractivity contribution in [2.45, 2.75) is 0 Å². The van der Waals surface area contributed by atoms with Crippen LogP contribution in [-0.4, -0.2) is 27.4 Å². The van der Waals surface area contributed by atoms with E-state index in [9.17, 15) is 4.39 Å². The van der Waals surface area contributed by atoms with Gasteiger partial charge in [-0.05, 0) is 24.3 Å². The molecule has 0 radical (unpaired) electrons. The number of rotatable bonds is 4. The van der Waals surface area contributed by atoms with E-state index in [-0.39, 0.29) is 6.67 Å². The summed E-state index contributed by atoms with van der Waals surface area (Å²) in [5, 5.41) is 0. The summed E-state index contributed by atoms with van der Waals surface area (Å²) in [6, 6.07) is 7.55. The van der Waals surface area contributed by atoms with Crippen molar-refractivity contribution in [3.63, 3.8) is 0 Å². The number of anilines is 1. The van der Waals surface area contributed by atoms with E-state index < -0.39 is 0 Å². The maximum atomic E-state index is 12.0. The van der Waals surface area contributed by atoms with Crippen molar-refractivity contribution in [2.75, 3.05) is 32.3 Å². The van der Waals surface area contributed by atoms with Crippen molar-refractivity contribution in [1.29, 1.82) is 0 Å². The lowest BCUT2D eigenvalue weighted by molar-refractivity contribution is 0.415. The summed E-state index contributed by atoms with van der Waals surface area (Å²) in [5.41, 5.74) is 0.999. The smallest absolute Gasteiger partial charge is 0.119 e. The van der Waals surface area contributed by atoms with E-state index in [1.54, 1.807) is 7.11 Å². The fraction of sp³-hybridized carbons (Fsp3) is 0.400. The topological polar surface area (TPSA) is 12.5 Å². The monoisotopic (exact) mass is 183 g/mol. The van der Waals surface area contributed by atoms with Gasteiger partial charge in [-0.1, -0.05) is 0 Å². The summed E-state index contributed by atoms with van der Waals surface area (Å²) in [4.78, 5) is 1.86. The molecule has 0 aliphatic carbocycles. The zero-order chi connectivity index (χ0) is 9.68. The molecule has 1 aromatic carbocycles. The van der Waals surface area contributed by atoms with Crippen LogP contribution in [0.2, 0.25) is 0 Å². The normalized spacial score (nSPS) is 9.77. The molecule has 13 heavy (non-hydrogen) atoms. The molecule has 1 aromatic rings. The quantitative estimate of drug-likeness (QED) is 0.708. The second-order valence-electron chi connectivity index (χ2n) is 2.81. The second-order valence-corrected chi connectivity index (χ2v) is 2.81. The van der Waals surface area contributed by atoms with Gasteiger partial charge in [0.1, 0.15) is 12.4 Å². The summed E-state index contributed by atoms with van der Waals surface area (Å²) in [5.74, 6) is 0.817. The number of nitrogens with zero attached hydrogens (tertiary/aromatic N) is 1. The Morgan fingerprint density at radius 2 is 1.92 bits per heavy atom. The third kappa shape index (κ3) is 2.61. The molecule has 2 nitrogen and oxygen atoms in total. The predicted molar refractivity (Wildman–Crippen MR) is 52.2 cm³/mol. The maximum Gasteiger partial charge on any atom is 0.119 e. The van der Waals surface area contributed by atoms with Crippen LogP contribution < -0.4 is 9.64 Å². The van der Waals surface area contributed by atoms with Gasteiger partial charge >= 0.3 is 0 Å². The number of benzene rings is 1. The minimum Gasteiger partial charge on any atom is -0.497 e. The van der Waals surface area contributed by atoms with E-state index in [1.807, 2.05) is 36.2 Å². The first-order valence-corrected chi connectivity index (χ1v) is 4.19. The summed E-state index contributed by atoms with van der Waals surface area (Å²) in [6.07, 6.45) is 0. The molecule has 3 heteroatoms. The van der Waals surface area contributed by atoms with Gasteiger partial charge in [0.25, 0.3) is 0 Å². The summed E-state index contributed by atoms with van der Waals surface area (Å²) >= 11 is 0. The van der Waals surface area contributed by atoms with Crippen LogP contribution in [0, 0.1) is 0 Å². The highest BCUT2D eigenvalue weighted by Gasteiger charge is 1.99. The van der Waals surface area contributed by atoms with Gasteiger partial charge in [-0.25, -0.2) is 4.39 Å². The number of ether oxygens (including phenoxy) is 1. The van der Waals surface area contributed by atoms with Gasteiger partial charge in [0.05, 0.1) is 7.11 Å². The Kier molecular flexibility index (Phi) is 3.55. The van der Waals surface area contributed by atoms with Crippen LogP contribution in [0.4, 0.5) is 10.1 Å². The van der Waals surface area contributed by atoms with E-state index >= 15 is 0 Å². The highest BCUT2D eigenvalue weighted by Crippen LogP contribution is 2.17. The molecule has 0 fully saturated rings. The van der Waals surface area contributed by atoms with Crippen LogP contribution >= 0.6 is 0 Å². The van der Waals surface area contributed by atoms with Gasteiger partial charge in [-0.3, -0.25) is 0 Å². The Hall–Kier alpha value is -1.25. The third-order valence-electron chi connectivity index (χ3n) is 1.93. The zero-order valence-corrected chi connectivity index (χ0v) is 7.96. The van der Waals surface area contributed by atoms with Gasteiger partial charge in [0.15, 0.2) is 0 Å². The molecule has 0 aromatic heterocycles. The Labute approximate surface area is 77.9 Å². The molecule has 1 rings (SSSR count).